The number of nitrogens with two attached hydrogens (primary N) is 1. The molecule has 0 aliphatic carbocycles. The quantitative estimate of drug-likeness (QED) is 0.0308. The predicted molar refractivity (Wildman–Crippen MR) is 226 cm³/mol. The molecule has 0 radical (unpaired) electrons. The first-order chi connectivity index (χ1) is 28.9. The van der Waals surface area contributed by atoms with Gasteiger partial charge in [-0.05, 0) is 94.3 Å². The summed E-state index contributed by atoms with van der Waals surface area (Å²) in [6, 6.07) is 7.97. The van der Waals surface area contributed by atoms with Gasteiger partial charge in [-0.25, -0.2) is 39.5 Å². The second-order valence-corrected chi connectivity index (χ2v) is 21.2. The molecule has 0 bridgehead atoms. The Hall–Kier alpha value is -4.10. The fraction of sp³-hybridized carbons (Fsp3) is 0.450. The largest absolute Gasteiger partial charge is 0.748 e. The van der Waals surface area contributed by atoms with Crippen LogP contribution < -0.4 is 16.2 Å². The molecule has 4 rings (SSSR count). The number of benzene rings is 2. The van der Waals surface area contributed by atoms with E-state index in [9.17, 15) is 56.7 Å². The minimum atomic E-state index is -4.87. The topological polar surface area (TPSA) is 299 Å². The first-order valence-corrected chi connectivity index (χ1v) is 25.5. The van der Waals surface area contributed by atoms with Gasteiger partial charge in [0.25, 0.3) is 0 Å². The summed E-state index contributed by atoms with van der Waals surface area (Å²) >= 11 is 0. The van der Waals surface area contributed by atoms with E-state index in [1.807, 2.05) is 9.48 Å². The number of hydrogen-bond acceptors (Lipinski definition) is 16. The van der Waals surface area contributed by atoms with Crippen molar-refractivity contribution in [3.8, 4) is 0 Å². The van der Waals surface area contributed by atoms with Crippen molar-refractivity contribution in [3.63, 3.8) is 0 Å². The van der Waals surface area contributed by atoms with Gasteiger partial charge in [-0.15, -0.1) is 0 Å². The van der Waals surface area contributed by atoms with Crippen molar-refractivity contribution >= 4 is 63.5 Å². The molecule has 0 spiro atoms. The van der Waals surface area contributed by atoms with Crippen molar-refractivity contribution in [2.24, 2.45) is 5.84 Å². The Morgan fingerprint density at radius 1 is 0.758 bits per heavy atom. The number of carbonyl (C=O) groups excluding carboxylic acids is 1. The van der Waals surface area contributed by atoms with E-state index in [0.29, 0.717) is 66.3 Å². The average Bonchev–Trinajstić information content (AvgIpc) is 3.54. The number of hydrazine groups is 1. The summed E-state index contributed by atoms with van der Waals surface area (Å²) in [6.45, 7) is 4.51. The zero-order chi connectivity index (χ0) is 46.1. The summed E-state index contributed by atoms with van der Waals surface area (Å²) in [6.07, 6.45) is 14.1. The third-order valence-electron chi connectivity index (χ3n) is 11.1. The van der Waals surface area contributed by atoms with E-state index in [1.54, 1.807) is 56.4 Å². The van der Waals surface area contributed by atoms with Gasteiger partial charge in [-0.2, -0.15) is 4.58 Å². The Bertz CT molecular complexity index is 2610. The van der Waals surface area contributed by atoms with Gasteiger partial charge in [0.2, 0.25) is 11.6 Å². The lowest BCUT2D eigenvalue weighted by Gasteiger charge is -2.30. The van der Waals surface area contributed by atoms with Crippen LogP contribution in [0.5, 0.6) is 0 Å². The van der Waals surface area contributed by atoms with Crippen LogP contribution >= 0.6 is 0 Å². The molecule has 0 saturated heterocycles. The molecular weight excluding hydrogens is 889 g/mol. The standard InChI is InChI=1S/C40H54N4O14S4/c1-39(21-12-26-59(46,47)48)32-28-30(61(52,53)54)17-19-34(32)43(23-11-7-10-16-38(45)42-41)36(39)14-8-5-4-6-9-15-37-40(2,22-13-27-60(49,50)51)33-29-31(62(55,56)57)18-20-35(33)44(37)24-25-58-3/h4-6,8-9,14-15,17-20,28-29H,7,10-13,16,21-27,41H2,1-3H3,(H4-,42,45,46,47,48,49,50,51,52,53,54,55,56,57)/p-3. The number of methoxy groups -OCH3 is 1. The molecule has 2 aliphatic rings. The van der Waals surface area contributed by atoms with Gasteiger partial charge < -0.3 is 27.8 Å². The molecular formula is C40H51N4O14S4-3. The number of hydrogen-bond donors (Lipinski definition) is 2. The highest BCUT2D eigenvalue weighted by Crippen LogP contribution is 2.51. The molecule has 18 nitrogen and oxygen atoms in total. The molecule has 0 saturated carbocycles. The van der Waals surface area contributed by atoms with E-state index >= 15 is 0 Å². The number of nitrogens with zero attached hydrogens (tertiary/aromatic N) is 2. The number of anilines is 1. The third kappa shape index (κ3) is 13.0. The second-order valence-electron chi connectivity index (χ2n) is 15.4. The maximum atomic E-state index is 12.1. The molecule has 2 unspecified atom stereocenters. The van der Waals surface area contributed by atoms with Crippen LogP contribution in [-0.4, -0.2) is 106 Å². The van der Waals surface area contributed by atoms with Crippen LogP contribution in [0.15, 0.2) is 94.4 Å². The van der Waals surface area contributed by atoms with Crippen molar-refractivity contribution in [1.82, 2.24) is 5.43 Å². The summed E-state index contributed by atoms with van der Waals surface area (Å²) in [4.78, 5) is 12.6. The Balaban J connectivity index is 1.73. The molecule has 2 aromatic rings. The normalized spacial score (nSPS) is 20.3. The highest BCUT2D eigenvalue weighted by Gasteiger charge is 2.48. The molecule has 2 atom stereocenters. The predicted octanol–water partition coefficient (Wildman–Crippen LogP) is 3.03. The van der Waals surface area contributed by atoms with Crippen molar-refractivity contribution in [3.05, 3.63) is 95.8 Å². The van der Waals surface area contributed by atoms with E-state index in [2.05, 4.69) is 5.43 Å². The van der Waals surface area contributed by atoms with Crippen LogP contribution in [0.2, 0.25) is 0 Å². The number of unbranched alkanes of at least 4 members (excludes halogenated alkanes) is 2. The SMILES string of the molecule is COCCN1/C(=C/C=C/C=C/C=C/C2=[N+](CCCCCC(=O)NN)c3ccc(S(=O)(=O)[O-])cc3C2(C)CCCS(=O)(=O)[O-])C(C)(CCCS(=O)(=O)[O-])c2cc(S(=O)(=O)[O-])ccc21. The molecule has 2 aliphatic heterocycles. The molecule has 62 heavy (non-hydrogen) atoms. The van der Waals surface area contributed by atoms with E-state index < -0.39 is 72.6 Å². The minimum Gasteiger partial charge on any atom is -0.748 e. The second kappa shape index (κ2) is 20.6. The first kappa shape index (κ1) is 50.5. The number of fused-ring (bicyclic) bond motifs is 2. The van der Waals surface area contributed by atoms with E-state index in [-0.39, 0.29) is 44.6 Å². The smallest absolute Gasteiger partial charge is 0.233 e. The molecule has 2 aromatic carbocycles. The maximum Gasteiger partial charge on any atom is 0.233 e. The average molecular weight is 940 g/mol. The van der Waals surface area contributed by atoms with Gasteiger partial charge in [0.05, 0.1) is 42.0 Å². The molecule has 2 heterocycles. The third-order valence-corrected chi connectivity index (χ3v) is 14.3. The van der Waals surface area contributed by atoms with Crippen LogP contribution in [0, 0.1) is 0 Å². The van der Waals surface area contributed by atoms with Crippen LogP contribution in [0.1, 0.15) is 76.3 Å². The van der Waals surface area contributed by atoms with E-state index in [4.69, 9.17) is 10.6 Å². The fourth-order valence-corrected chi connectivity index (χ4v) is 10.0. The van der Waals surface area contributed by atoms with Gasteiger partial charge >= 0.3 is 0 Å². The number of carbonyl (C=O) groups is 1. The van der Waals surface area contributed by atoms with Gasteiger partial charge in [0, 0.05) is 72.5 Å². The lowest BCUT2D eigenvalue weighted by Crippen LogP contribution is -2.32. The molecule has 0 aromatic heterocycles. The maximum absolute atomic E-state index is 12.1. The number of rotatable bonds is 23. The van der Waals surface area contributed by atoms with Crippen LogP contribution in [-0.2, 0) is 60.8 Å². The monoisotopic (exact) mass is 939 g/mol. The van der Waals surface area contributed by atoms with Crippen molar-refractivity contribution in [2.45, 2.75) is 85.8 Å². The molecule has 0 fully saturated rings. The number of nitrogens with one attached hydrogen (secondary N) is 1. The molecule has 22 heteroatoms. The summed E-state index contributed by atoms with van der Waals surface area (Å²) in [7, 11) is -17.4. The van der Waals surface area contributed by atoms with Crippen LogP contribution in [0.4, 0.5) is 11.4 Å². The Labute approximate surface area is 363 Å². The molecule has 342 valence electrons. The van der Waals surface area contributed by atoms with Gasteiger partial charge in [-0.3, -0.25) is 10.2 Å². The zero-order valence-electron chi connectivity index (χ0n) is 34.5. The summed E-state index contributed by atoms with van der Waals surface area (Å²) < 4.78 is 149. The van der Waals surface area contributed by atoms with E-state index in [0.717, 1.165) is 0 Å². The van der Waals surface area contributed by atoms with Gasteiger partial charge in [0.1, 0.15) is 26.8 Å². The lowest BCUT2D eigenvalue weighted by atomic mass is 9.76. The Morgan fingerprint density at radius 2 is 1.32 bits per heavy atom. The molecule has 1 amide bonds. The van der Waals surface area contributed by atoms with Gasteiger partial charge in [-0.1, -0.05) is 30.4 Å². The zero-order valence-corrected chi connectivity index (χ0v) is 37.8. The van der Waals surface area contributed by atoms with Gasteiger partial charge in [0.15, 0.2) is 5.71 Å². The lowest BCUT2D eigenvalue weighted by molar-refractivity contribution is -0.438. The van der Waals surface area contributed by atoms with Crippen LogP contribution in [0.25, 0.3) is 0 Å². The number of allylic oxidation sites excluding steroid dienone is 8. The van der Waals surface area contributed by atoms with Crippen molar-refractivity contribution in [1.29, 1.82) is 0 Å². The number of ether oxygens (including phenoxy) is 1. The summed E-state index contributed by atoms with van der Waals surface area (Å²) in [5.74, 6) is 3.56. The minimum absolute atomic E-state index is 0.0508. The highest BCUT2D eigenvalue weighted by atomic mass is 32.2. The summed E-state index contributed by atoms with van der Waals surface area (Å²) in [5, 5.41) is 0. The molecule has 3 N–H and O–H groups in total. The fourth-order valence-electron chi connectivity index (χ4n) is 8.06. The first-order valence-electron chi connectivity index (χ1n) is 19.6. The van der Waals surface area contributed by atoms with Crippen LogP contribution in [0.3, 0.4) is 0 Å². The highest BCUT2D eigenvalue weighted by molar-refractivity contribution is 7.86. The summed E-state index contributed by atoms with van der Waals surface area (Å²) in [5.41, 5.74) is 3.37. The van der Waals surface area contributed by atoms with Crippen molar-refractivity contribution < 1.29 is 66.0 Å². The Morgan fingerprint density at radius 3 is 1.90 bits per heavy atom. The number of amides is 1. The Kier molecular flexibility index (Phi) is 16.8. The van der Waals surface area contributed by atoms with E-state index in [1.165, 1.54) is 43.5 Å². The van der Waals surface area contributed by atoms with Crippen molar-refractivity contribution in [2.75, 3.05) is 43.2 Å².